The van der Waals surface area contributed by atoms with Crippen LogP contribution in [0.1, 0.15) is 74.2 Å². The summed E-state index contributed by atoms with van der Waals surface area (Å²) in [5, 5.41) is 2.06. The fourth-order valence-corrected chi connectivity index (χ4v) is 5.38. The lowest BCUT2D eigenvalue weighted by atomic mass is 10.1. The molecule has 0 aliphatic heterocycles. The van der Waals surface area contributed by atoms with Gasteiger partial charge in [-0.05, 0) is 161 Å². The maximum absolute atomic E-state index is 12.4. The van der Waals surface area contributed by atoms with Crippen LogP contribution in [-0.4, -0.2) is 0 Å². The molecule has 0 radical (unpaired) electrons. The van der Waals surface area contributed by atoms with Gasteiger partial charge in [0.15, 0.2) is 0 Å². The molecule has 0 amide bonds. The summed E-state index contributed by atoms with van der Waals surface area (Å²) in [7, 11) is 0. The third-order valence-corrected chi connectivity index (χ3v) is 8.66. The fourth-order valence-electron chi connectivity index (χ4n) is 4.19. The number of halogens is 10. The average Bonchev–Trinajstić information content (AvgIpc) is 2.89. The van der Waals surface area contributed by atoms with Crippen molar-refractivity contribution >= 4 is 46.4 Å². The molecular weight excluding hydrogens is 700 g/mol. The van der Waals surface area contributed by atoms with Crippen LogP contribution in [0.4, 0.5) is 26.3 Å². The van der Waals surface area contributed by atoms with Crippen molar-refractivity contribution in [2.45, 2.75) is 89.0 Å². The molecule has 10 heteroatoms. The predicted octanol–water partition coefficient (Wildman–Crippen LogP) is 15.1. The number of hydrogen-bond donors (Lipinski definition) is 0. The third-order valence-electron chi connectivity index (χ3n) is 7.08. The maximum Gasteiger partial charge on any atom is 0.416 e. The molecule has 0 spiro atoms. The molecule has 0 fully saturated rings. The lowest BCUT2D eigenvalue weighted by Crippen LogP contribution is -2.08. The highest BCUT2D eigenvalue weighted by Gasteiger charge is 2.34. The maximum atomic E-state index is 12.4. The highest BCUT2D eigenvalue weighted by molar-refractivity contribution is 6.32. The lowest BCUT2D eigenvalue weighted by molar-refractivity contribution is -0.138. The minimum atomic E-state index is -4.32. The SMILES string of the molecule is C.Cc1cc(C)c(C)c(Cl)c1.Cc1cc(C)c(C)c(Cl)c1.Cc1cc(Cl)c(C)c(C(F)(F)F)c1.Cc1cc(Cl)c(C)c(C(F)(F)F)c1. The van der Waals surface area contributed by atoms with Gasteiger partial charge in [-0.3, -0.25) is 0 Å². The van der Waals surface area contributed by atoms with Gasteiger partial charge >= 0.3 is 12.4 Å². The highest BCUT2D eigenvalue weighted by atomic mass is 35.5. The van der Waals surface area contributed by atoms with Gasteiger partial charge in [0.1, 0.15) is 0 Å². The van der Waals surface area contributed by atoms with Crippen LogP contribution < -0.4 is 0 Å². The van der Waals surface area contributed by atoms with Crippen LogP contribution >= 0.6 is 46.4 Å². The molecule has 0 nitrogen and oxygen atoms in total. The summed E-state index contributed by atoms with van der Waals surface area (Å²) in [6, 6.07) is 13.5. The number of alkyl halides is 6. The van der Waals surface area contributed by atoms with Crippen molar-refractivity contribution in [1.29, 1.82) is 0 Å². The summed E-state index contributed by atoms with van der Waals surface area (Å²) in [4.78, 5) is 0. The Morgan fingerprint density at radius 1 is 0.362 bits per heavy atom. The van der Waals surface area contributed by atoms with E-state index in [1.54, 1.807) is 13.8 Å². The van der Waals surface area contributed by atoms with Crippen LogP contribution in [0.5, 0.6) is 0 Å². The van der Waals surface area contributed by atoms with Gasteiger partial charge in [-0.2, -0.15) is 26.3 Å². The topological polar surface area (TPSA) is 0 Å². The van der Waals surface area contributed by atoms with Crippen molar-refractivity contribution in [1.82, 2.24) is 0 Å². The molecule has 0 N–H and O–H groups in total. The zero-order chi connectivity index (χ0) is 35.9. The number of hydrogen-bond acceptors (Lipinski definition) is 0. The van der Waals surface area contributed by atoms with Crippen LogP contribution in [0.25, 0.3) is 0 Å². The predicted molar refractivity (Wildman–Crippen MR) is 190 cm³/mol. The summed E-state index contributed by atoms with van der Waals surface area (Å²) in [6.45, 7) is 18.2. The minimum absolute atomic E-state index is 0. The second-order valence-electron chi connectivity index (χ2n) is 11.2. The van der Waals surface area contributed by atoms with E-state index in [4.69, 9.17) is 46.4 Å². The Morgan fingerprint density at radius 2 is 0.574 bits per heavy atom. The fraction of sp³-hybridized carbons (Fsp3) is 0.351. The number of aryl methyl sites for hydroxylation is 6. The molecule has 4 aromatic carbocycles. The van der Waals surface area contributed by atoms with Crippen LogP contribution in [0.15, 0.2) is 48.5 Å². The van der Waals surface area contributed by atoms with Crippen LogP contribution in [0.3, 0.4) is 0 Å². The molecule has 4 aromatic rings. The molecule has 0 atom stereocenters. The van der Waals surface area contributed by atoms with E-state index >= 15 is 0 Å². The monoisotopic (exact) mass is 740 g/mol. The van der Waals surface area contributed by atoms with Gasteiger partial charge < -0.3 is 0 Å². The number of benzene rings is 4. The smallest absolute Gasteiger partial charge is 0.166 e. The molecule has 0 heterocycles. The van der Waals surface area contributed by atoms with Gasteiger partial charge in [0.2, 0.25) is 0 Å². The first-order valence-corrected chi connectivity index (χ1v) is 15.5. The number of rotatable bonds is 0. The van der Waals surface area contributed by atoms with Gasteiger partial charge in [0, 0.05) is 20.1 Å². The lowest BCUT2D eigenvalue weighted by Gasteiger charge is -2.12. The first-order chi connectivity index (χ1) is 20.9. The van der Waals surface area contributed by atoms with Crippen molar-refractivity contribution in [2.75, 3.05) is 0 Å². The molecule has 4 rings (SSSR count). The van der Waals surface area contributed by atoms with E-state index in [0.717, 1.165) is 22.2 Å². The molecule has 0 saturated heterocycles. The molecular formula is C37H42Cl4F6. The average molecular weight is 743 g/mol. The van der Waals surface area contributed by atoms with Crippen LogP contribution in [0.2, 0.25) is 20.1 Å². The summed E-state index contributed by atoms with van der Waals surface area (Å²) in [6.07, 6.45) is -8.64. The van der Waals surface area contributed by atoms with E-state index in [0.29, 0.717) is 11.1 Å². The molecule has 0 aliphatic carbocycles. The Balaban J connectivity index is 0.000000600. The third kappa shape index (κ3) is 13.9. The van der Waals surface area contributed by atoms with E-state index in [1.807, 2.05) is 26.0 Å². The summed E-state index contributed by atoms with van der Waals surface area (Å²) in [5.41, 5.74) is 7.26. The van der Waals surface area contributed by atoms with Gasteiger partial charge in [-0.15, -0.1) is 0 Å². The first-order valence-electron chi connectivity index (χ1n) is 14.0. The van der Waals surface area contributed by atoms with E-state index in [-0.39, 0.29) is 28.6 Å². The van der Waals surface area contributed by atoms with E-state index in [9.17, 15) is 26.3 Å². The van der Waals surface area contributed by atoms with Gasteiger partial charge in [-0.25, -0.2) is 0 Å². The van der Waals surface area contributed by atoms with Crippen molar-refractivity contribution in [3.8, 4) is 0 Å². The zero-order valence-corrected chi connectivity index (χ0v) is 30.4. The van der Waals surface area contributed by atoms with Gasteiger partial charge in [0.05, 0.1) is 11.1 Å². The second-order valence-corrected chi connectivity index (χ2v) is 12.8. The Labute approximate surface area is 296 Å². The Hall–Kier alpha value is -2.38. The highest BCUT2D eigenvalue weighted by Crippen LogP contribution is 2.36. The molecule has 260 valence electrons. The van der Waals surface area contributed by atoms with Crippen molar-refractivity contribution in [3.05, 3.63) is 135 Å². The van der Waals surface area contributed by atoms with E-state index in [2.05, 4.69) is 39.8 Å². The normalized spacial score (nSPS) is 10.8. The molecule has 47 heavy (non-hydrogen) atoms. The minimum Gasteiger partial charge on any atom is -0.166 e. The van der Waals surface area contributed by atoms with Gasteiger partial charge in [0.25, 0.3) is 0 Å². The first kappa shape index (κ1) is 44.6. The van der Waals surface area contributed by atoms with Crippen molar-refractivity contribution < 1.29 is 26.3 Å². The summed E-state index contributed by atoms with van der Waals surface area (Å²) in [5.74, 6) is 0. The molecule has 0 bridgehead atoms. The zero-order valence-electron chi connectivity index (χ0n) is 27.4. The van der Waals surface area contributed by atoms with Crippen LogP contribution in [-0.2, 0) is 12.4 Å². The quantitative estimate of drug-likeness (QED) is 0.157. The van der Waals surface area contributed by atoms with E-state index < -0.39 is 23.5 Å². The van der Waals surface area contributed by atoms with Gasteiger partial charge in [-0.1, -0.05) is 66.0 Å². The summed E-state index contributed by atoms with van der Waals surface area (Å²) >= 11 is 23.1. The Kier molecular flexibility index (Phi) is 17.5. The molecule has 0 aromatic heterocycles. The van der Waals surface area contributed by atoms with Crippen LogP contribution in [0, 0.1) is 69.2 Å². The van der Waals surface area contributed by atoms with Crippen molar-refractivity contribution in [3.63, 3.8) is 0 Å². The van der Waals surface area contributed by atoms with E-state index in [1.165, 1.54) is 59.4 Å². The summed E-state index contributed by atoms with van der Waals surface area (Å²) < 4.78 is 74.1. The molecule has 0 aliphatic rings. The largest absolute Gasteiger partial charge is 0.416 e. The molecule has 0 unspecified atom stereocenters. The standard InChI is InChI=1S/2C9H8ClF3.2C9H11Cl.CH4/c2*1-5-3-7(9(11,12)13)6(2)8(10)4-5;2*1-6-4-7(2)8(3)9(10)5-6;/h2*3-4H,1-2H3;2*4-5H,1-3H3;1H4. The van der Waals surface area contributed by atoms with Crippen molar-refractivity contribution in [2.24, 2.45) is 0 Å². The molecule has 0 saturated carbocycles. The second kappa shape index (κ2) is 18.4. The Bertz CT molecular complexity index is 1490. The Morgan fingerprint density at radius 3 is 0.787 bits per heavy atom.